The highest BCUT2D eigenvalue weighted by Gasteiger charge is 2.14. The van der Waals surface area contributed by atoms with E-state index >= 15 is 0 Å². The number of rotatable bonds is 6. The number of amides is 1. The molecule has 5 nitrogen and oxygen atoms in total. The summed E-state index contributed by atoms with van der Waals surface area (Å²) in [5.41, 5.74) is 1.09. The van der Waals surface area contributed by atoms with Gasteiger partial charge in [0.1, 0.15) is 5.75 Å². The quantitative estimate of drug-likeness (QED) is 0.817. The molecule has 0 heterocycles. The minimum absolute atomic E-state index is 0.248. The van der Waals surface area contributed by atoms with Crippen LogP contribution in [0.1, 0.15) is 10.4 Å². The Morgan fingerprint density at radius 3 is 2.22 bits per heavy atom. The molecule has 0 radical (unpaired) electrons. The number of nitrogens with one attached hydrogen (secondary N) is 1. The molecule has 0 aromatic heterocycles. The van der Waals surface area contributed by atoms with Crippen LogP contribution in [0.3, 0.4) is 0 Å². The zero-order chi connectivity index (χ0) is 16.8. The Hall–Kier alpha value is -2.34. The van der Waals surface area contributed by atoms with E-state index in [1.54, 1.807) is 57.4 Å². The van der Waals surface area contributed by atoms with Crippen molar-refractivity contribution in [3.63, 3.8) is 0 Å². The number of anilines is 1. The second-order valence-corrected chi connectivity index (χ2v) is 5.47. The zero-order valence-electron chi connectivity index (χ0n) is 13.5. The maximum atomic E-state index is 12.5. The van der Waals surface area contributed by atoms with Crippen LogP contribution in [0.15, 0.2) is 41.3 Å². The minimum Gasteiger partial charge on any atom is -0.496 e. The third-order valence-electron chi connectivity index (χ3n) is 3.29. The van der Waals surface area contributed by atoms with Crippen molar-refractivity contribution in [3.8, 4) is 17.2 Å². The number of hydrogen-bond donors (Lipinski definition) is 1. The number of methoxy groups -OCH3 is 3. The van der Waals surface area contributed by atoms with Crippen LogP contribution in [0.5, 0.6) is 17.2 Å². The van der Waals surface area contributed by atoms with Gasteiger partial charge in [0.15, 0.2) is 11.5 Å². The highest BCUT2D eigenvalue weighted by Crippen LogP contribution is 2.31. The van der Waals surface area contributed by atoms with Crippen molar-refractivity contribution < 1.29 is 19.0 Å². The van der Waals surface area contributed by atoms with Gasteiger partial charge in [0.25, 0.3) is 5.91 Å². The average Bonchev–Trinajstić information content (AvgIpc) is 2.60. The van der Waals surface area contributed by atoms with Crippen molar-refractivity contribution in [2.75, 3.05) is 32.9 Å². The number of thioether (sulfide) groups is 1. The van der Waals surface area contributed by atoms with Gasteiger partial charge in [-0.15, -0.1) is 11.8 Å². The van der Waals surface area contributed by atoms with Crippen LogP contribution in [0.2, 0.25) is 0 Å². The number of benzene rings is 2. The highest BCUT2D eigenvalue weighted by atomic mass is 32.2. The van der Waals surface area contributed by atoms with Gasteiger partial charge in [-0.05, 0) is 36.6 Å². The molecule has 0 bridgehead atoms. The van der Waals surface area contributed by atoms with Gasteiger partial charge in [-0.25, -0.2) is 0 Å². The summed E-state index contributed by atoms with van der Waals surface area (Å²) in [6.07, 6.45) is 1.97. The average molecular weight is 333 g/mol. The number of carbonyl (C=O) groups excluding carboxylic acids is 1. The first-order valence-electron chi connectivity index (χ1n) is 6.88. The third-order valence-corrected chi connectivity index (χ3v) is 4.02. The molecule has 6 heteroatoms. The standard InChI is InChI=1S/C17H19NO4S/c1-20-14-8-5-11(9-16(14)22-3)18-17(19)13-7-6-12(23-4)10-15(13)21-2/h5-10H,1-4H3,(H,18,19). The molecule has 0 aliphatic heterocycles. The van der Waals surface area contributed by atoms with Gasteiger partial charge in [-0.2, -0.15) is 0 Å². The minimum atomic E-state index is -0.248. The first kappa shape index (κ1) is 17.0. The molecule has 1 N–H and O–H groups in total. The molecule has 2 rings (SSSR count). The second-order valence-electron chi connectivity index (χ2n) is 4.59. The van der Waals surface area contributed by atoms with E-state index in [9.17, 15) is 4.79 Å². The van der Waals surface area contributed by atoms with Crippen LogP contribution in [0, 0.1) is 0 Å². The van der Waals surface area contributed by atoms with Gasteiger partial charge in [0, 0.05) is 16.6 Å². The molecule has 0 unspecified atom stereocenters. The fourth-order valence-electron chi connectivity index (χ4n) is 2.10. The predicted molar refractivity (Wildman–Crippen MR) is 92.3 cm³/mol. The van der Waals surface area contributed by atoms with Crippen LogP contribution in [-0.2, 0) is 0 Å². The van der Waals surface area contributed by atoms with Gasteiger partial charge >= 0.3 is 0 Å². The van der Waals surface area contributed by atoms with E-state index in [4.69, 9.17) is 14.2 Å². The van der Waals surface area contributed by atoms with Gasteiger partial charge < -0.3 is 19.5 Å². The first-order valence-corrected chi connectivity index (χ1v) is 8.10. The summed E-state index contributed by atoms with van der Waals surface area (Å²) >= 11 is 1.59. The molecule has 2 aromatic rings. The Bertz CT molecular complexity index is 703. The molecule has 0 fully saturated rings. The maximum absolute atomic E-state index is 12.5. The van der Waals surface area contributed by atoms with Crippen molar-refractivity contribution in [3.05, 3.63) is 42.0 Å². The summed E-state index contributed by atoms with van der Waals surface area (Å²) in [7, 11) is 4.66. The summed E-state index contributed by atoms with van der Waals surface area (Å²) in [6.45, 7) is 0. The highest BCUT2D eigenvalue weighted by molar-refractivity contribution is 7.98. The molecule has 0 aliphatic carbocycles. The van der Waals surface area contributed by atoms with E-state index in [0.717, 1.165) is 4.90 Å². The van der Waals surface area contributed by atoms with Crippen molar-refractivity contribution in [2.45, 2.75) is 4.90 Å². The van der Waals surface area contributed by atoms with Crippen LogP contribution in [0.4, 0.5) is 5.69 Å². The van der Waals surface area contributed by atoms with Crippen molar-refractivity contribution >= 4 is 23.4 Å². The predicted octanol–water partition coefficient (Wildman–Crippen LogP) is 3.69. The molecule has 0 saturated heterocycles. The lowest BCUT2D eigenvalue weighted by Crippen LogP contribution is -2.13. The Kier molecular flexibility index (Phi) is 5.76. The summed E-state index contributed by atoms with van der Waals surface area (Å²) in [6, 6.07) is 10.7. The third kappa shape index (κ3) is 3.90. The summed E-state index contributed by atoms with van der Waals surface area (Å²) in [5, 5.41) is 2.84. The topological polar surface area (TPSA) is 56.8 Å². The number of ether oxygens (including phenoxy) is 3. The molecule has 0 spiro atoms. The molecular weight excluding hydrogens is 314 g/mol. The summed E-state index contributed by atoms with van der Waals surface area (Å²) < 4.78 is 15.7. The number of hydrogen-bond acceptors (Lipinski definition) is 5. The molecule has 122 valence electrons. The Labute approximate surface area is 139 Å². The lowest BCUT2D eigenvalue weighted by atomic mass is 10.1. The molecule has 0 saturated carbocycles. The van der Waals surface area contributed by atoms with E-state index in [0.29, 0.717) is 28.5 Å². The molecule has 0 atom stereocenters. The monoisotopic (exact) mass is 333 g/mol. The van der Waals surface area contributed by atoms with Crippen molar-refractivity contribution in [2.24, 2.45) is 0 Å². The molecular formula is C17H19NO4S. The fraction of sp³-hybridized carbons (Fsp3) is 0.235. The first-order chi connectivity index (χ1) is 11.1. The molecule has 23 heavy (non-hydrogen) atoms. The van der Waals surface area contributed by atoms with E-state index in [2.05, 4.69) is 5.32 Å². The number of carbonyl (C=O) groups is 1. The van der Waals surface area contributed by atoms with Crippen LogP contribution >= 0.6 is 11.8 Å². The van der Waals surface area contributed by atoms with Gasteiger partial charge in [-0.1, -0.05) is 0 Å². The Morgan fingerprint density at radius 1 is 0.913 bits per heavy atom. The lowest BCUT2D eigenvalue weighted by molar-refractivity contribution is 0.102. The van der Waals surface area contributed by atoms with Crippen molar-refractivity contribution in [1.29, 1.82) is 0 Å². The van der Waals surface area contributed by atoms with Gasteiger partial charge in [-0.3, -0.25) is 4.79 Å². The lowest BCUT2D eigenvalue weighted by Gasteiger charge is -2.12. The Balaban J connectivity index is 2.25. The van der Waals surface area contributed by atoms with Gasteiger partial charge in [0.2, 0.25) is 0 Å². The second kappa shape index (κ2) is 7.78. The summed E-state index contributed by atoms with van der Waals surface area (Å²) in [4.78, 5) is 13.5. The molecule has 2 aromatic carbocycles. The largest absolute Gasteiger partial charge is 0.496 e. The Morgan fingerprint density at radius 2 is 1.61 bits per heavy atom. The molecule has 0 aliphatic rings. The van der Waals surface area contributed by atoms with E-state index in [1.165, 1.54) is 0 Å². The maximum Gasteiger partial charge on any atom is 0.259 e. The van der Waals surface area contributed by atoms with Crippen LogP contribution in [-0.4, -0.2) is 33.5 Å². The summed E-state index contributed by atoms with van der Waals surface area (Å²) in [5.74, 6) is 1.44. The van der Waals surface area contributed by atoms with E-state index in [1.807, 2.05) is 18.4 Å². The fourth-order valence-corrected chi connectivity index (χ4v) is 2.53. The smallest absolute Gasteiger partial charge is 0.259 e. The van der Waals surface area contributed by atoms with E-state index in [-0.39, 0.29) is 5.91 Å². The van der Waals surface area contributed by atoms with Crippen molar-refractivity contribution in [1.82, 2.24) is 0 Å². The SMILES string of the molecule is COc1ccc(NC(=O)c2ccc(SC)cc2OC)cc1OC. The van der Waals surface area contributed by atoms with Crippen LogP contribution in [0.25, 0.3) is 0 Å². The van der Waals surface area contributed by atoms with E-state index < -0.39 is 0 Å². The zero-order valence-corrected chi connectivity index (χ0v) is 14.3. The van der Waals surface area contributed by atoms with Gasteiger partial charge in [0.05, 0.1) is 26.9 Å². The normalized spacial score (nSPS) is 10.1. The van der Waals surface area contributed by atoms with Crippen LogP contribution < -0.4 is 19.5 Å². The molecule has 1 amide bonds.